The second-order valence-electron chi connectivity index (χ2n) is 9.47. The van der Waals surface area contributed by atoms with Crippen LogP contribution in [0.1, 0.15) is 60.7 Å². The van der Waals surface area contributed by atoms with Crippen molar-refractivity contribution in [2.75, 3.05) is 13.7 Å². The molecule has 2 aromatic carbocycles. The highest BCUT2D eigenvalue weighted by Crippen LogP contribution is 2.46. The van der Waals surface area contributed by atoms with Crippen LogP contribution < -0.4 is 9.47 Å². The number of phenolic OH excluding ortho intramolecular Hbond substituents is 1. The molecule has 2 aliphatic heterocycles. The Labute approximate surface area is 194 Å². The van der Waals surface area contributed by atoms with Crippen molar-refractivity contribution in [3.05, 3.63) is 64.2 Å². The first-order valence-electron chi connectivity index (χ1n) is 11.4. The second-order valence-corrected chi connectivity index (χ2v) is 9.47. The molecule has 1 N–H and O–H groups in total. The molecule has 174 valence electrons. The van der Waals surface area contributed by atoms with Crippen LogP contribution in [0.3, 0.4) is 0 Å². The first-order valence-corrected chi connectivity index (χ1v) is 11.4. The zero-order valence-corrected chi connectivity index (χ0v) is 19.7. The second kappa shape index (κ2) is 8.93. The summed E-state index contributed by atoms with van der Waals surface area (Å²) in [6.45, 7) is 6.82. The Kier molecular flexibility index (Phi) is 6.19. The molecule has 0 fully saturated rings. The monoisotopic (exact) mass is 449 g/mol. The number of rotatable bonds is 7. The highest BCUT2D eigenvalue weighted by Gasteiger charge is 2.40. The number of fused-ring (bicyclic) bond motifs is 3. The number of phenols is 1. The molecular weight excluding hydrogens is 418 g/mol. The first kappa shape index (κ1) is 22.9. The summed E-state index contributed by atoms with van der Waals surface area (Å²) in [6, 6.07) is 8.87. The van der Waals surface area contributed by atoms with Crippen molar-refractivity contribution in [2.24, 2.45) is 0 Å². The molecule has 4 rings (SSSR count). The Morgan fingerprint density at radius 2 is 1.97 bits per heavy atom. The molecule has 33 heavy (non-hydrogen) atoms. The zero-order valence-electron chi connectivity index (χ0n) is 19.7. The van der Waals surface area contributed by atoms with Crippen LogP contribution in [0.2, 0.25) is 0 Å². The lowest BCUT2D eigenvalue weighted by molar-refractivity contribution is -0.118. The Morgan fingerprint density at radius 1 is 1.24 bits per heavy atom. The summed E-state index contributed by atoms with van der Waals surface area (Å²) in [7, 11) is 1.61. The van der Waals surface area contributed by atoms with Gasteiger partial charge in [-0.25, -0.2) is 0 Å². The fourth-order valence-electron chi connectivity index (χ4n) is 4.70. The van der Waals surface area contributed by atoms with E-state index in [1.807, 2.05) is 43.9 Å². The molecule has 6 nitrogen and oxygen atoms in total. The minimum Gasteiger partial charge on any atom is -0.508 e. The number of benzene rings is 2. The largest absolute Gasteiger partial charge is 0.508 e. The van der Waals surface area contributed by atoms with Crippen molar-refractivity contribution in [2.45, 2.75) is 58.6 Å². The minimum absolute atomic E-state index is 0.0404. The van der Waals surface area contributed by atoms with Gasteiger partial charge in [0.2, 0.25) is 0 Å². The fraction of sp³-hybridized carbons (Fsp3) is 0.407. The van der Waals surface area contributed by atoms with Crippen molar-refractivity contribution in [1.82, 2.24) is 4.90 Å². The molecule has 0 spiro atoms. The van der Waals surface area contributed by atoms with Gasteiger partial charge < -0.3 is 19.5 Å². The van der Waals surface area contributed by atoms with Crippen LogP contribution in [-0.2, 0) is 24.2 Å². The van der Waals surface area contributed by atoms with E-state index in [0.717, 1.165) is 28.7 Å². The molecule has 2 aliphatic rings. The molecule has 0 aromatic heterocycles. The van der Waals surface area contributed by atoms with Gasteiger partial charge in [-0.3, -0.25) is 9.59 Å². The number of nitrogens with zero attached hydrogens (tertiary/aromatic N) is 1. The van der Waals surface area contributed by atoms with E-state index in [-0.39, 0.29) is 17.4 Å². The number of hydrogen-bond acceptors (Lipinski definition) is 5. The van der Waals surface area contributed by atoms with Crippen LogP contribution in [0.25, 0.3) is 0 Å². The third-order valence-corrected chi connectivity index (χ3v) is 6.39. The van der Waals surface area contributed by atoms with Gasteiger partial charge in [0.25, 0.3) is 5.91 Å². The highest BCUT2D eigenvalue weighted by atomic mass is 16.5. The van der Waals surface area contributed by atoms with Crippen LogP contribution in [0.5, 0.6) is 17.2 Å². The lowest BCUT2D eigenvalue weighted by atomic mass is 9.86. The van der Waals surface area contributed by atoms with E-state index in [2.05, 4.69) is 0 Å². The smallest absolute Gasteiger partial charge is 0.254 e. The minimum atomic E-state index is -0.626. The van der Waals surface area contributed by atoms with E-state index in [4.69, 9.17) is 9.47 Å². The first-order chi connectivity index (χ1) is 15.7. The van der Waals surface area contributed by atoms with Crippen molar-refractivity contribution in [1.29, 1.82) is 0 Å². The molecule has 2 heterocycles. The third-order valence-electron chi connectivity index (χ3n) is 6.39. The topological polar surface area (TPSA) is 76.1 Å². The lowest BCUT2D eigenvalue weighted by Crippen LogP contribution is -2.39. The van der Waals surface area contributed by atoms with Gasteiger partial charge in [0.05, 0.1) is 19.2 Å². The maximum Gasteiger partial charge on any atom is 0.254 e. The van der Waals surface area contributed by atoms with Crippen LogP contribution in [0.15, 0.2) is 42.0 Å². The van der Waals surface area contributed by atoms with E-state index in [1.54, 1.807) is 25.3 Å². The molecule has 1 atom stereocenters. The van der Waals surface area contributed by atoms with Gasteiger partial charge >= 0.3 is 0 Å². The number of ketones is 1. The van der Waals surface area contributed by atoms with Crippen LogP contribution >= 0.6 is 0 Å². The summed E-state index contributed by atoms with van der Waals surface area (Å²) in [6.07, 6.45) is 4.08. The Morgan fingerprint density at radius 3 is 2.64 bits per heavy atom. The van der Waals surface area contributed by atoms with Gasteiger partial charge in [-0.15, -0.1) is 0 Å². The molecule has 0 radical (unpaired) electrons. The van der Waals surface area contributed by atoms with Crippen molar-refractivity contribution in [3.63, 3.8) is 0 Å². The molecule has 0 saturated carbocycles. The van der Waals surface area contributed by atoms with Crippen LogP contribution in [-0.4, -0.2) is 41.0 Å². The summed E-state index contributed by atoms with van der Waals surface area (Å²) in [5.41, 5.74) is 3.85. The van der Waals surface area contributed by atoms with E-state index in [0.29, 0.717) is 49.4 Å². The normalized spacial score (nSPS) is 18.9. The Bertz CT molecular complexity index is 1110. The summed E-state index contributed by atoms with van der Waals surface area (Å²) in [5, 5.41) is 9.48. The Balaban J connectivity index is 1.59. The number of amides is 1. The molecule has 0 saturated heterocycles. The summed E-state index contributed by atoms with van der Waals surface area (Å²) in [5.74, 6) is 1.60. The summed E-state index contributed by atoms with van der Waals surface area (Å²) in [4.78, 5) is 27.5. The number of allylic oxidation sites excluding steroid dienone is 2. The average molecular weight is 450 g/mol. The zero-order chi connectivity index (χ0) is 23.8. The average Bonchev–Trinajstić information content (AvgIpc) is 3.07. The molecule has 0 aliphatic carbocycles. The molecule has 2 aromatic rings. The molecule has 0 unspecified atom stereocenters. The summed E-state index contributed by atoms with van der Waals surface area (Å²) < 4.78 is 12.1. The van der Waals surface area contributed by atoms with E-state index < -0.39 is 5.60 Å². The number of aromatic hydroxyl groups is 1. The van der Waals surface area contributed by atoms with Crippen LogP contribution in [0, 0.1) is 0 Å². The maximum atomic E-state index is 13.2. The lowest BCUT2D eigenvalue weighted by Gasteiger charge is -2.37. The van der Waals surface area contributed by atoms with Crippen molar-refractivity contribution in [3.8, 4) is 17.2 Å². The predicted molar refractivity (Wildman–Crippen MR) is 126 cm³/mol. The van der Waals surface area contributed by atoms with Crippen LogP contribution in [0.4, 0.5) is 0 Å². The summed E-state index contributed by atoms with van der Waals surface area (Å²) >= 11 is 0. The van der Waals surface area contributed by atoms with E-state index in [1.165, 1.54) is 0 Å². The molecule has 6 heteroatoms. The molecule has 1 amide bonds. The standard InChI is InChI=1S/C27H31NO5/c1-17(2)13-20(30)15-27(3)11-9-21-24(32-4)14-22-23(25(21)33-27)16-28(26(22)31)12-10-18-5-7-19(29)8-6-18/h5-8,13-14,29H,9-12,15-16H2,1-4H3/t27-/m1/s1. The number of methoxy groups -OCH3 is 1. The van der Waals surface area contributed by atoms with Crippen molar-refractivity contribution < 1.29 is 24.2 Å². The van der Waals surface area contributed by atoms with Gasteiger partial charge in [-0.1, -0.05) is 17.7 Å². The molecule has 0 bridgehead atoms. The van der Waals surface area contributed by atoms with Crippen molar-refractivity contribution >= 4 is 11.7 Å². The fourth-order valence-corrected chi connectivity index (χ4v) is 4.70. The van der Waals surface area contributed by atoms with Gasteiger partial charge in [0.1, 0.15) is 22.8 Å². The quantitative estimate of drug-likeness (QED) is 0.625. The number of carbonyl (C=O) groups excluding carboxylic acids is 2. The van der Waals surface area contributed by atoms with Gasteiger partial charge in [-0.2, -0.15) is 0 Å². The molecular formula is C27H31NO5. The Hall–Kier alpha value is -3.28. The SMILES string of the molecule is COc1cc2c(c3c1CC[C@](C)(CC(=O)C=C(C)C)O3)CN(CCc1ccc(O)cc1)C2=O. The third kappa shape index (κ3) is 4.75. The number of hydrogen-bond donors (Lipinski definition) is 1. The maximum absolute atomic E-state index is 13.2. The van der Waals surface area contributed by atoms with Gasteiger partial charge in [-0.05, 0) is 69.9 Å². The van der Waals surface area contributed by atoms with Gasteiger partial charge in [0, 0.05) is 24.1 Å². The number of carbonyl (C=O) groups is 2. The highest BCUT2D eigenvalue weighted by molar-refractivity contribution is 6.00. The van der Waals surface area contributed by atoms with E-state index in [9.17, 15) is 14.7 Å². The van der Waals surface area contributed by atoms with E-state index >= 15 is 0 Å². The predicted octanol–water partition coefficient (Wildman–Crippen LogP) is 4.61. The number of ether oxygens (including phenoxy) is 2. The van der Waals surface area contributed by atoms with Gasteiger partial charge in [0.15, 0.2) is 5.78 Å².